The molecule has 1 atom stereocenters. The van der Waals surface area contributed by atoms with E-state index in [1.165, 1.54) is 11.1 Å². The molecule has 1 aliphatic heterocycles. The van der Waals surface area contributed by atoms with E-state index in [9.17, 15) is 9.59 Å². The summed E-state index contributed by atoms with van der Waals surface area (Å²) >= 11 is 0. The summed E-state index contributed by atoms with van der Waals surface area (Å²) in [6.45, 7) is 5.13. The molecule has 2 aromatic rings. The molecular formula is C17H22N4O2. The van der Waals surface area contributed by atoms with Crippen LogP contribution in [0.5, 0.6) is 0 Å². The molecule has 0 radical (unpaired) electrons. The van der Waals surface area contributed by atoms with E-state index in [0.717, 1.165) is 17.8 Å². The molecule has 1 unspecified atom stereocenters. The average Bonchev–Trinajstić information content (AvgIpc) is 2.86. The summed E-state index contributed by atoms with van der Waals surface area (Å²) in [7, 11) is 1.83. The predicted molar refractivity (Wildman–Crippen MR) is 87.0 cm³/mol. The van der Waals surface area contributed by atoms with E-state index in [1.54, 1.807) is 9.47 Å². The Labute approximate surface area is 135 Å². The second kappa shape index (κ2) is 6.02. The molecule has 0 saturated carbocycles. The van der Waals surface area contributed by atoms with Crippen LogP contribution in [0.3, 0.4) is 0 Å². The van der Waals surface area contributed by atoms with Crippen LogP contribution in [-0.2, 0) is 24.3 Å². The zero-order valence-electron chi connectivity index (χ0n) is 13.8. The van der Waals surface area contributed by atoms with Crippen molar-refractivity contribution in [2.45, 2.75) is 39.8 Å². The highest BCUT2D eigenvalue weighted by molar-refractivity contribution is 5.78. The Morgan fingerprint density at radius 2 is 2.04 bits per heavy atom. The van der Waals surface area contributed by atoms with Gasteiger partial charge in [0.1, 0.15) is 5.82 Å². The van der Waals surface area contributed by atoms with Gasteiger partial charge >= 0.3 is 5.69 Å². The van der Waals surface area contributed by atoms with Gasteiger partial charge in [0.25, 0.3) is 0 Å². The van der Waals surface area contributed by atoms with Crippen LogP contribution in [0.25, 0.3) is 0 Å². The standard InChI is InChI=1S/C17H22N4O2/c1-11-6-12(2)8-13(7-11)9-20(3)16(22)14-4-5-15-18-19-17(23)21(15)10-14/h6-8,14H,4-5,9-10H2,1-3H3,(H,19,23). The molecule has 6 nitrogen and oxygen atoms in total. The number of carbonyl (C=O) groups excluding carboxylic acids is 1. The number of nitrogens with zero attached hydrogens (tertiary/aromatic N) is 3. The first-order valence-corrected chi connectivity index (χ1v) is 7.90. The molecule has 1 aromatic heterocycles. The third-order valence-corrected chi connectivity index (χ3v) is 4.38. The fourth-order valence-electron chi connectivity index (χ4n) is 3.37. The quantitative estimate of drug-likeness (QED) is 0.931. The Hall–Kier alpha value is -2.37. The van der Waals surface area contributed by atoms with Crippen LogP contribution in [0.1, 0.15) is 28.9 Å². The third kappa shape index (κ3) is 3.21. The van der Waals surface area contributed by atoms with Gasteiger partial charge in [-0.05, 0) is 25.8 Å². The number of fused-ring (bicyclic) bond motifs is 1. The fraction of sp³-hybridized carbons (Fsp3) is 0.471. The lowest BCUT2D eigenvalue weighted by Gasteiger charge is -2.27. The van der Waals surface area contributed by atoms with E-state index in [0.29, 0.717) is 19.5 Å². The second-order valence-corrected chi connectivity index (χ2v) is 6.48. The van der Waals surface area contributed by atoms with Gasteiger partial charge in [0.05, 0.1) is 5.92 Å². The van der Waals surface area contributed by atoms with E-state index in [4.69, 9.17) is 0 Å². The van der Waals surface area contributed by atoms with Crippen molar-refractivity contribution < 1.29 is 4.79 Å². The molecule has 23 heavy (non-hydrogen) atoms. The first kappa shape index (κ1) is 15.5. The number of aryl methyl sites for hydroxylation is 3. The number of H-pyrrole nitrogens is 1. The SMILES string of the molecule is Cc1cc(C)cc(CN(C)C(=O)C2CCc3n[nH]c(=O)n3C2)c1. The number of hydrogen-bond acceptors (Lipinski definition) is 3. The molecule has 3 rings (SSSR count). The summed E-state index contributed by atoms with van der Waals surface area (Å²) in [5.74, 6) is 0.674. The lowest BCUT2D eigenvalue weighted by molar-refractivity contribution is -0.135. The summed E-state index contributed by atoms with van der Waals surface area (Å²) in [6.07, 6.45) is 1.40. The highest BCUT2D eigenvalue weighted by Gasteiger charge is 2.28. The summed E-state index contributed by atoms with van der Waals surface area (Å²) in [6, 6.07) is 6.34. The van der Waals surface area contributed by atoms with Crippen molar-refractivity contribution in [3.05, 3.63) is 51.2 Å². The van der Waals surface area contributed by atoms with Crippen LogP contribution in [-0.4, -0.2) is 32.6 Å². The first-order chi connectivity index (χ1) is 10.9. The summed E-state index contributed by atoms with van der Waals surface area (Å²) in [5, 5.41) is 6.44. The molecule has 0 saturated heterocycles. The Kier molecular flexibility index (Phi) is 4.07. The summed E-state index contributed by atoms with van der Waals surface area (Å²) in [4.78, 5) is 26.1. The topological polar surface area (TPSA) is 71.0 Å². The number of rotatable bonds is 3. The van der Waals surface area contributed by atoms with E-state index in [2.05, 4.69) is 42.2 Å². The van der Waals surface area contributed by atoms with Crippen LogP contribution in [0.15, 0.2) is 23.0 Å². The van der Waals surface area contributed by atoms with Crippen LogP contribution >= 0.6 is 0 Å². The Morgan fingerprint density at radius 1 is 1.35 bits per heavy atom. The van der Waals surface area contributed by atoms with Gasteiger partial charge in [-0.1, -0.05) is 29.3 Å². The van der Waals surface area contributed by atoms with Crippen LogP contribution in [0.4, 0.5) is 0 Å². The Balaban J connectivity index is 1.70. The zero-order valence-corrected chi connectivity index (χ0v) is 13.8. The van der Waals surface area contributed by atoms with Crippen molar-refractivity contribution in [2.75, 3.05) is 7.05 Å². The molecule has 1 aromatic carbocycles. The second-order valence-electron chi connectivity index (χ2n) is 6.48. The molecule has 0 bridgehead atoms. The molecule has 0 aliphatic carbocycles. The molecule has 6 heteroatoms. The maximum Gasteiger partial charge on any atom is 0.343 e. The number of hydrogen-bond donors (Lipinski definition) is 1. The van der Waals surface area contributed by atoms with Gasteiger partial charge in [0.2, 0.25) is 5.91 Å². The van der Waals surface area contributed by atoms with E-state index in [-0.39, 0.29) is 17.5 Å². The van der Waals surface area contributed by atoms with E-state index >= 15 is 0 Å². The minimum Gasteiger partial charge on any atom is -0.341 e. The van der Waals surface area contributed by atoms with Gasteiger partial charge in [0, 0.05) is 26.6 Å². The van der Waals surface area contributed by atoms with Crippen molar-refractivity contribution in [1.82, 2.24) is 19.7 Å². The monoisotopic (exact) mass is 314 g/mol. The molecule has 1 aliphatic rings. The van der Waals surface area contributed by atoms with Crippen molar-refractivity contribution >= 4 is 5.91 Å². The van der Waals surface area contributed by atoms with Crippen LogP contribution in [0, 0.1) is 19.8 Å². The number of nitrogens with one attached hydrogen (secondary N) is 1. The van der Waals surface area contributed by atoms with Crippen LogP contribution in [0.2, 0.25) is 0 Å². The minimum atomic E-state index is -0.227. The molecule has 0 spiro atoms. The normalized spacial score (nSPS) is 16.9. The van der Waals surface area contributed by atoms with Gasteiger partial charge in [-0.15, -0.1) is 0 Å². The summed E-state index contributed by atoms with van der Waals surface area (Å²) in [5.41, 5.74) is 3.31. The highest BCUT2D eigenvalue weighted by atomic mass is 16.2. The molecular weight excluding hydrogens is 292 g/mol. The van der Waals surface area contributed by atoms with Gasteiger partial charge in [-0.2, -0.15) is 5.10 Å². The lowest BCUT2D eigenvalue weighted by atomic mass is 9.97. The highest BCUT2D eigenvalue weighted by Crippen LogP contribution is 2.20. The van der Waals surface area contributed by atoms with Gasteiger partial charge in [-0.25, -0.2) is 9.89 Å². The largest absolute Gasteiger partial charge is 0.343 e. The van der Waals surface area contributed by atoms with Gasteiger partial charge in [0.15, 0.2) is 0 Å². The number of aromatic nitrogens is 3. The predicted octanol–water partition coefficient (Wildman–Crippen LogP) is 1.41. The Bertz CT molecular complexity index is 770. The van der Waals surface area contributed by atoms with Crippen molar-refractivity contribution in [3.63, 3.8) is 0 Å². The smallest absolute Gasteiger partial charge is 0.341 e. The van der Waals surface area contributed by atoms with Crippen molar-refractivity contribution in [3.8, 4) is 0 Å². The number of carbonyl (C=O) groups is 1. The lowest BCUT2D eigenvalue weighted by Crippen LogP contribution is -2.39. The Morgan fingerprint density at radius 3 is 2.74 bits per heavy atom. The van der Waals surface area contributed by atoms with Crippen LogP contribution < -0.4 is 5.69 Å². The molecule has 2 heterocycles. The third-order valence-electron chi connectivity index (χ3n) is 4.38. The van der Waals surface area contributed by atoms with Crippen molar-refractivity contribution in [2.24, 2.45) is 5.92 Å². The zero-order chi connectivity index (χ0) is 16.6. The number of aromatic amines is 1. The molecule has 1 amide bonds. The average molecular weight is 314 g/mol. The van der Waals surface area contributed by atoms with Crippen molar-refractivity contribution in [1.29, 1.82) is 0 Å². The molecule has 122 valence electrons. The first-order valence-electron chi connectivity index (χ1n) is 7.90. The maximum absolute atomic E-state index is 12.7. The molecule has 1 N–H and O–H groups in total. The minimum absolute atomic E-state index is 0.0860. The van der Waals surface area contributed by atoms with E-state index in [1.807, 2.05) is 7.05 Å². The van der Waals surface area contributed by atoms with Gasteiger partial charge < -0.3 is 4.90 Å². The van der Waals surface area contributed by atoms with Gasteiger partial charge in [-0.3, -0.25) is 9.36 Å². The molecule has 0 fully saturated rings. The summed E-state index contributed by atoms with van der Waals surface area (Å²) < 4.78 is 1.58. The number of benzene rings is 1. The fourth-order valence-corrected chi connectivity index (χ4v) is 3.37. The van der Waals surface area contributed by atoms with E-state index < -0.39 is 0 Å². The maximum atomic E-state index is 12.7. The number of amides is 1.